The summed E-state index contributed by atoms with van der Waals surface area (Å²) in [6.45, 7) is 0. The summed E-state index contributed by atoms with van der Waals surface area (Å²) in [5.41, 5.74) is 1.39. The highest BCUT2D eigenvalue weighted by Crippen LogP contribution is 2.18. The monoisotopic (exact) mass is 352 g/mol. The highest BCUT2D eigenvalue weighted by molar-refractivity contribution is 7.86. The van der Waals surface area contributed by atoms with E-state index < -0.39 is 10.1 Å². The summed E-state index contributed by atoms with van der Waals surface area (Å²) in [7, 11) is -3.54. The Balaban J connectivity index is 1.75. The molecule has 0 bridgehead atoms. The lowest BCUT2D eigenvalue weighted by Gasteiger charge is -2.02. The van der Waals surface area contributed by atoms with Crippen molar-refractivity contribution in [2.45, 2.75) is 0 Å². The van der Waals surface area contributed by atoms with Gasteiger partial charge in [0.1, 0.15) is 5.75 Å². The van der Waals surface area contributed by atoms with E-state index in [1.807, 2.05) is 36.4 Å². The van der Waals surface area contributed by atoms with Crippen LogP contribution in [-0.2, 0) is 10.1 Å². The smallest absolute Gasteiger partial charge is 0.306 e. The Kier molecular flexibility index (Phi) is 4.67. The van der Waals surface area contributed by atoms with E-state index in [1.54, 1.807) is 36.4 Å². The number of ketones is 1. The van der Waals surface area contributed by atoms with Gasteiger partial charge in [-0.05, 0) is 40.6 Å². The Morgan fingerprint density at radius 3 is 2.28 bits per heavy atom. The third-order valence-electron chi connectivity index (χ3n) is 3.59. The van der Waals surface area contributed by atoms with Crippen molar-refractivity contribution in [1.29, 1.82) is 0 Å². The summed E-state index contributed by atoms with van der Waals surface area (Å²) in [5.74, 6) is 0.141. The molecule has 3 aromatic rings. The zero-order chi connectivity index (χ0) is 17.9. The number of hydrogen-bond acceptors (Lipinski definition) is 4. The summed E-state index contributed by atoms with van der Waals surface area (Å²) in [6, 6.07) is 19.9. The molecular formula is C20H16O4S. The zero-order valence-electron chi connectivity index (χ0n) is 13.5. The maximum absolute atomic E-state index is 12.3. The predicted octanol–water partition coefficient (Wildman–Crippen LogP) is 4.07. The first-order valence-corrected chi connectivity index (χ1v) is 9.43. The molecule has 0 aliphatic carbocycles. The summed E-state index contributed by atoms with van der Waals surface area (Å²) in [6.07, 6.45) is 4.17. The van der Waals surface area contributed by atoms with Crippen molar-refractivity contribution in [2.75, 3.05) is 6.26 Å². The molecule has 3 aromatic carbocycles. The highest BCUT2D eigenvalue weighted by atomic mass is 32.2. The van der Waals surface area contributed by atoms with Crippen molar-refractivity contribution in [1.82, 2.24) is 0 Å². The second kappa shape index (κ2) is 6.91. The predicted molar refractivity (Wildman–Crippen MR) is 99.2 cm³/mol. The fourth-order valence-electron chi connectivity index (χ4n) is 2.42. The normalized spacial score (nSPS) is 11.7. The van der Waals surface area contributed by atoms with E-state index in [1.165, 1.54) is 6.08 Å². The lowest BCUT2D eigenvalue weighted by atomic mass is 10.0. The molecule has 0 aromatic heterocycles. The van der Waals surface area contributed by atoms with Crippen LogP contribution in [0.1, 0.15) is 15.9 Å². The molecule has 25 heavy (non-hydrogen) atoms. The molecule has 0 N–H and O–H groups in total. The molecule has 0 fully saturated rings. The van der Waals surface area contributed by atoms with Gasteiger partial charge in [-0.15, -0.1) is 0 Å². The number of allylic oxidation sites excluding steroid dienone is 1. The molecule has 0 aliphatic heterocycles. The van der Waals surface area contributed by atoms with Crippen molar-refractivity contribution in [3.63, 3.8) is 0 Å². The van der Waals surface area contributed by atoms with Gasteiger partial charge in [0.15, 0.2) is 5.78 Å². The minimum absolute atomic E-state index is 0.0952. The van der Waals surface area contributed by atoms with Gasteiger partial charge in [-0.2, -0.15) is 8.42 Å². The summed E-state index contributed by atoms with van der Waals surface area (Å²) in [4.78, 5) is 12.3. The van der Waals surface area contributed by atoms with Crippen LogP contribution in [0.3, 0.4) is 0 Å². The van der Waals surface area contributed by atoms with Gasteiger partial charge in [0.25, 0.3) is 0 Å². The topological polar surface area (TPSA) is 60.4 Å². The van der Waals surface area contributed by atoms with E-state index in [-0.39, 0.29) is 11.5 Å². The number of hydrogen-bond donors (Lipinski definition) is 0. The molecule has 0 amide bonds. The second-order valence-corrected chi connectivity index (χ2v) is 7.19. The van der Waals surface area contributed by atoms with Crippen LogP contribution in [0.5, 0.6) is 5.75 Å². The van der Waals surface area contributed by atoms with Gasteiger partial charge >= 0.3 is 10.1 Å². The summed E-state index contributed by atoms with van der Waals surface area (Å²) < 4.78 is 26.9. The van der Waals surface area contributed by atoms with Gasteiger partial charge in [-0.25, -0.2) is 0 Å². The molecule has 0 radical (unpaired) electrons. The average Bonchev–Trinajstić information content (AvgIpc) is 2.59. The maximum Gasteiger partial charge on any atom is 0.306 e. The largest absolute Gasteiger partial charge is 0.383 e. The van der Waals surface area contributed by atoms with E-state index in [2.05, 4.69) is 0 Å². The Bertz CT molecular complexity index is 1050. The minimum atomic E-state index is -3.54. The van der Waals surface area contributed by atoms with Crippen LogP contribution in [0, 0.1) is 0 Å². The van der Waals surface area contributed by atoms with E-state index in [0.717, 1.165) is 22.6 Å². The highest BCUT2D eigenvalue weighted by Gasteiger charge is 2.05. The van der Waals surface area contributed by atoms with Gasteiger partial charge in [-0.3, -0.25) is 4.79 Å². The molecule has 0 aliphatic rings. The fourth-order valence-corrected chi connectivity index (χ4v) is 2.88. The lowest BCUT2D eigenvalue weighted by Crippen LogP contribution is -2.05. The number of fused-ring (bicyclic) bond motifs is 1. The minimum Gasteiger partial charge on any atom is -0.383 e. The number of benzene rings is 3. The van der Waals surface area contributed by atoms with Crippen LogP contribution >= 0.6 is 0 Å². The van der Waals surface area contributed by atoms with Gasteiger partial charge in [0.05, 0.1) is 6.26 Å². The Morgan fingerprint density at radius 1 is 0.920 bits per heavy atom. The number of rotatable bonds is 5. The first kappa shape index (κ1) is 16.9. The molecule has 3 rings (SSSR count). The van der Waals surface area contributed by atoms with Crippen LogP contribution < -0.4 is 4.18 Å². The van der Waals surface area contributed by atoms with Crippen molar-refractivity contribution in [3.8, 4) is 5.75 Å². The van der Waals surface area contributed by atoms with E-state index in [0.29, 0.717) is 5.56 Å². The molecule has 0 spiro atoms. The van der Waals surface area contributed by atoms with E-state index in [4.69, 9.17) is 4.18 Å². The average molecular weight is 352 g/mol. The van der Waals surface area contributed by atoms with Crippen LogP contribution in [0.25, 0.3) is 16.8 Å². The SMILES string of the molecule is CS(=O)(=O)Oc1ccc(/C=C\C(=O)c2ccc3ccccc3c2)cc1. The molecule has 0 heterocycles. The van der Waals surface area contributed by atoms with Crippen molar-refractivity contribution in [3.05, 3.63) is 83.9 Å². The van der Waals surface area contributed by atoms with Gasteiger partial charge in [0, 0.05) is 5.56 Å². The van der Waals surface area contributed by atoms with E-state index >= 15 is 0 Å². The number of carbonyl (C=O) groups excluding carboxylic acids is 1. The third-order valence-corrected chi connectivity index (χ3v) is 4.08. The zero-order valence-corrected chi connectivity index (χ0v) is 14.4. The van der Waals surface area contributed by atoms with Gasteiger partial charge in [0.2, 0.25) is 0 Å². The molecule has 4 nitrogen and oxygen atoms in total. The first-order chi connectivity index (χ1) is 11.9. The Hall–Kier alpha value is -2.92. The summed E-state index contributed by atoms with van der Waals surface area (Å²) in [5, 5.41) is 2.11. The van der Waals surface area contributed by atoms with E-state index in [9.17, 15) is 13.2 Å². The quantitative estimate of drug-likeness (QED) is 0.394. The third kappa shape index (κ3) is 4.55. The van der Waals surface area contributed by atoms with Crippen LogP contribution in [0.2, 0.25) is 0 Å². The molecule has 0 saturated carbocycles. The maximum atomic E-state index is 12.3. The number of carbonyl (C=O) groups is 1. The fraction of sp³-hybridized carbons (Fsp3) is 0.0500. The van der Waals surface area contributed by atoms with Crippen molar-refractivity contribution < 1.29 is 17.4 Å². The van der Waals surface area contributed by atoms with Gasteiger partial charge < -0.3 is 4.18 Å². The summed E-state index contributed by atoms with van der Waals surface area (Å²) >= 11 is 0. The van der Waals surface area contributed by atoms with Crippen LogP contribution in [-0.4, -0.2) is 20.5 Å². The Labute approximate surface area is 146 Å². The van der Waals surface area contributed by atoms with Crippen LogP contribution in [0.15, 0.2) is 72.8 Å². The standard InChI is InChI=1S/C20H16O4S/c1-25(22,23)24-19-11-6-15(7-12-19)8-13-20(21)18-10-9-16-4-2-3-5-17(16)14-18/h2-14H,1H3/b13-8-. The first-order valence-electron chi connectivity index (χ1n) is 7.61. The molecule has 0 saturated heterocycles. The molecule has 0 unspecified atom stereocenters. The second-order valence-electron chi connectivity index (χ2n) is 5.62. The molecular weight excluding hydrogens is 336 g/mol. The van der Waals surface area contributed by atoms with Gasteiger partial charge in [-0.1, -0.05) is 54.6 Å². The van der Waals surface area contributed by atoms with Crippen molar-refractivity contribution >= 4 is 32.7 Å². The Morgan fingerprint density at radius 2 is 1.60 bits per heavy atom. The molecule has 0 atom stereocenters. The van der Waals surface area contributed by atoms with Crippen LogP contribution in [0.4, 0.5) is 0 Å². The lowest BCUT2D eigenvalue weighted by molar-refractivity contribution is 0.104. The van der Waals surface area contributed by atoms with Crippen molar-refractivity contribution in [2.24, 2.45) is 0 Å². The molecule has 5 heteroatoms. The molecule has 126 valence electrons.